The van der Waals surface area contributed by atoms with E-state index in [0.29, 0.717) is 24.6 Å². The molecule has 0 bridgehead atoms. The van der Waals surface area contributed by atoms with Crippen LogP contribution in [-0.2, 0) is 0 Å². The first-order chi connectivity index (χ1) is 16.3. The zero-order valence-corrected chi connectivity index (χ0v) is 17.8. The van der Waals surface area contributed by atoms with Crippen molar-refractivity contribution in [3.8, 4) is 17.0 Å². The second kappa shape index (κ2) is 13.2. The first-order valence-corrected chi connectivity index (χ1v) is 9.96. The predicted octanol–water partition coefficient (Wildman–Crippen LogP) is 2.86. The minimum absolute atomic E-state index is 0.0422. The summed E-state index contributed by atoms with van der Waals surface area (Å²) >= 11 is 0. The molecule has 0 fully saturated rings. The molecule has 0 saturated carbocycles. The van der Waals surface area contributed by atoms with E-state index in [9.17, 15) is 17.6 Å². The van der Waals surface area contributed by atoms with Crippen molar-refractivity contribution in [1.82, 2.24) is 15.0 Å². The normalized spacial score (nSPS) is 10.9. The minimum Gasteiger partial charge on any atom is -0.428 e. The Morgan fingerprint density at radius 1 is 1.03 bits per heavy atom. The standard InChI is InChI=1S/C19H17F4N5O2.C2H7NO/c20-17(21)19(22,23)30-14-3-1-2-13(11-14)27-18-26-7-5-15(28-18)12-4-6-24-16(10-12)25-8-9-29;3-1-2-4/h1-7,10-11,17,29H,8-9H2,(H,24,25)(H,26,27,28);4H,1-3H2. The highest BCUT2D eigenvalue weighted by atomic mass is 19.3. The first-order valence-electron chi connectivity index (χ1n) is 9.96. The summed E-state index contributed by atoms with van der Waals surface area (Å²) in [5.74, 6) is 0.279. The molecule has 184 valence electrons. The van der Waals surface area contributed by atoms with Crippen LogP contribution in [0.5, 0.6) is 5.75 Å². The van der Waals surface area contributed by atoms with Crippen LogP contribution < -0.4 is 21.1 Å². The van der Waals surface area contributed by atoms with Crippen LogP contribution in [0.25, 0.3) is 11.3 Å². The lowest BCUT2D eigenvalue weighted by atomic mass is 10.2. The van der Waals surface area contributed by atoms with Crippen LogP contribution in [0.1, 0.15) is 0 Å². The maximum atomic E-state index is 13.1. The fourth-order valence-electron chi connectivity index (χ4n) is 2.42. The van der Waals surface area contributed by atoms with Gasteiger partial charge in [0.15, 0.2) is 0 Å². The van der Waals surface area contributed by atoms with Gasteiger partial charge in [-0.15, -0.1) is 0 Å². The van der Waals surface area contributed by atoms with E-state index in [4.69, 9.17) is 15.9 Å². The molecule has 0 spiro atoms. The quantitative estimate of drug-likeness (QED) is 0.275. The lowest BCUT2D eigenvalue weighted by Gasteiger charge is -2.17. The number of hydrogen-bond acceptors (Lipinski definition) is 9. The van der Waals surface area contributed by atoms with Crippen molar-refractivity contribution < 1.29 is 32.5 Å². The molecule has 0 atom stereocenters. The molecule has 6 N–H and O–H groups in total. The topological polar surface area (TPSA) is 138 Å². The van der Waals surface area contributed by atoms with E-state index in [1.165, 1.54) is 18.3 Å². The monoisotopic (exact) mass is 484 g/mol. The van der Waals surface area contributed by atoms with Crippen molar-refractivity contribution in [2.24, 2.45) is 5.73 Å². The fraction of sp³-hybridized carbons (Fsp3) is 0.286. The molecule has 0 aliphatic heterocycles. The van der Waals surface area contributed by atoms with E-state index in [1.54, 1.807) is 24.4 Å². The van der Waals surface area contributed by atoms with E-state index in [2.05, 4.69) is 30.3 Å². The Morgan fingerprint density at radius 3 is 2.44 bits per heavy atom. The molecule has 0 aliphatic carbocycles. The van der Waals surface area contributed by atoms with Crippen LogP contribution in [0.3, 0.4) is 0 Å². The number of pyridine rings is 1. The Labute approximate surface area is 192 Å². The molecule has 1 aromatic carbocycles. The molecule has 2 heterocycles. The maximum Gasteiger partial charge on any atom is 0.461 e. The number of halogens is 4. The lowest BCUT2D eigenvalue weighted by molar-refractivity contribution is -0.253. The molecule has 3 aromatic rings. The molecule has 0 unspecified atom stereocenters. The molecule has 0 amide bonds. The highest BCUT2D eigenvalue weighted by molar-refractivity contribution is 5.65. The molecular formula is C21H24F4N6O3. The lowest BCUT2D eigenvalue weighted by Crippen LogP contribution is -2.33. The van der Waals surface area contributed by atoms with E-state index in [-0.39, 0.29) is 24.8 Å². The van der Waals surface area contributed by atoms with Crippen LogP contribution in [0, 0.1) is 0 Å². The number of nitrogens with one attached hydrogen (secondary N) is 2. The third-order valence-corrected chi connectivity index (χ3v) is 3.86. The number of aliphatic hydroxyl groups is 2. The van der Waals surface area contributed by atoms with Gasteiger partial charge in [-0.05, 0) is 30.3 Å². The van der Waals surface area contributed by atoms with Crippen molar-refractivity contribution in [1.29, 1.82) is 0 Å². The van der Waals surface area contributed by atoms with Gasteiger partial charge >= 0.3 is 12.5 Å². The third-order valence-electron chi connectivity index (χ3n) is 3.86. The number of hydrogen-bond donors (Lipinski definition) is 5. The summed E-state index contributed by atoms with van der Waals surface area (Å²) in [5.41, 5.74) is 6.33. The summed E-state index contributed by atoms with van der Waals surface area (Å²) in [6, 6.07) is 10.3. The van der Waals surface area contributed by atoms with Crippen molar-refractivity contribution in [2.75, 3.05) is 36.9 Å². The number of ether oxygens (including phenoxy) is 1. The Kier molecular flexibility index (Phi) is 10.4. The van der Waals surface area contributed by atoms with Crippen LogP contribution in [0.15, 0.2) is 54.9 Å². The number of nitrogens with zero attached hydrogens (tertiary/aromatic N) is 3. The highest BCUT2D eigenvalue weighted by Crippen LogP contribution is 2.29. The fourth-order valence-corrected chi connectivity index (χ4v) is 2.42. The summed E-state index contributed by atoms with van der Waals surface area (Å²) in [5, 5.41) is 22.4. The van der Waals surface area contributed by atoms with E-state index < -0.39 is 18.3 Å². The molecule has 0 saturated heterocycles. The van der Waals surface area contributed by atoms with Crippen molar-refractivity contribution >= 4 is 17.5 Å². The number of benzene rings is 1. The van der Waals surface area contributed by atoms with Gasteiger partial charge in [-0.1, -0.05) is 6.07 Å². The molecule has 0 radical (unpaired) electrons. The molecule has 9 nitrogen and oxygen atoms in total. The van der Waals surface area contributed by atoms with Gasteiger partial charge in [-0.2, -0.15) is 17.6 Å². The number of alkyl halides is 4. The number of aromatic nitrogens is 3. The van der Waals surface area contributed by atoms with Gasteiger partial charge in [0.1, 0.15) is 11.6 Å². The van der Waals surface area contributed by atoms with Crippen LogP contribution in [0.4, 0.5) is 35.0 Å². The average Bonchev–Trinajstić information content (AvgIpc) is 2.83. The predicted molar refractivity (Wildman–Crippen MR) is 118 cm³/mol. The summed E-state index contributed by atoms with van der Waals surface area (Å²) < 4.78 is 54.9. The Hall–Kier alpha value is -3.55. The highest BCUT2D eigenvalue weighted by Gasteiger charge is 2.43. The number of anilines is 3. The van der Waals surface area contributed by atoms with Crippen LogP contribution in [-0.4, -0.2) is 64.0 Å². The van der Waals surface area contributed by atoms with Gasteiger partial charge in [-0.25, -0.2) is 15.0 Å². The number of aliphatic hydroxyl groups excluding tert-OH is 2. The summed E-state index contributed by atoms with van der Waals surface area (Å²) in [6.07, 6.45) is -5.48. The SMILES string of the molecule is NCCO.OCCNc1cc(-c2ccnc(Nc3cccc(OC(F)(F)C(F)F)c3)n2)ccn1. The second-order valence-corrected chi connectivity index (χ2v) is 6.48. The Bertz CT molecular complexity index is 1030. The zero-order chi connectivity index (χ0) is 25.0. The van der Waals surface area contributed by atoms with E-state index in [0.717, 1.165) is 17.7 Å². The van der Waals surface area contributed by atoms with Gasteiger partial charge in [0, 0.05) is 42.8 Å². The molecular weight excluding hydrogens is 460 g/mol. The summed E-state index contributed by atoms with van der Waals surface area (Å²) in [7, 11) is 0. The van der Waals surface area contributed by atoms with Gasteiger partial charge in [0.2, 0.25) is 5.95 Å². The summed E-state index contributed by atoms with van der Waals surface area (Å²) in [4.78, 5) is 12.6. The third kappa shape index (κ3) is 8.42. The van der Waals surface area contributed by atoms with Gasteiger partial charge < -0.3 is 31.3 Å². The van der Waals surface area contributed by atoms with Gasteiger partial charge in [0.25, 0.3) is 0 Å². The first kappa shape index (κ1) is 26.7. The molecule has 0 aliphatic rings. The average molecular weight is 484 g/mol. The maximum absolute atomic E-state index is 13.1. The molecule has 13 heteroatoms. The van der Waals surface area contributed by atoms with Crippen molar-refractivity contribution in [3.63, 3.8) is 0 Å². The van der Waals surface area contributed by atoms with E-state index >= 15 is 0 Å². The van der Waals surface area contributed by atoms with Crippen LogP contribution in [0.2, 0.25) is 0 Å². The zero-order valence-electron chi connectivity index (χ0n) is 17.8. The Balaban J connectivity index is 0.000000945. The van der Waals surface area contributed by atoms with Gasteiger partial charge in [-0.3, -0.25) is 0 Å². The molecule has 2 aromatic heterocycles. The Morgan fingerprint density at radius 2 is 1.76 bits per heavy atom. The largest absolute Gasteiger partial charge is 0.461 e. The van der Waals surface area contributed by atoms with Gasteiger partial charge in [0.05, 0.1) is 18.9 Å². The van der Waals surface area contributed by atoms with E-state index in [1.807, 2.05) is 0 Å². The number of rotatable bonds is 10. The smallest absolute Gasteiger partial charge is 0.428 e. The minimum atomic E-state index is -4.60. The van der Waals surface area contributed by atoms with Crippen LogP contribution >= 0.6 is 0 Å². The summed E-state index contributed by atoms with van der Waals surface area (Å²) in [6.45, 7) is 0.773. The second-order valence-electron chi connectivity index (χ2n) is 6.48. The van der Waals surface area contributed by atoms with Crippen molar-refractivity contribution in [3.05, 3.63) is 54.9 Å². The molecule has 3 rings (SSSR count). The number of nitrogens with two attached hydrogens (primary N) is 1. The van der Waals surface area contributed by atoms with Crippen molar-refractivity contribution in [2.45, 2.75) is 12.5 Å². The molecule has 34 heavy (non-hydrogen) atoms.